The summed E-state index contributed by atoms with van der Waals surface area (Å²) in [5, 5.41) is 3.43. The van der Waals surface area contributed by atoms with Gasteiger partial charge in [0.2, 0.25) is 5.91 Å². The van der Waals surface area contributed by atoms with E-state index in [1.807, 2.05) is 0 Å². The summed E-state index contributed by atoms with van der Waals surface area (Å²) in [4.78, 5) is 22.7. The molecule has 5 nitrogen and oxygen atoms in total. The number of carbonyl (C=O) groups excluding carboxylic acids is 2. The number of benzene rings is 2. The van der Waals surface area contributed by atoms with Crippen LogP contribution in [0.25, 0.3) is 0 Å². The van der Waals surface area contributed by atoms with Crippen LogP contribution < -0.4 is 15.8 Å². The number of hydrogen-bond donors (Lipinski definition) is 2. The Morgan fingerprint density at radius 1 is 1.09 bits per heavy atom. The van der Waals surface area contributed by atoms with E-state index in [1.165, 1.54) is 18.2 Å². The standard InChI is InChI=1S/C15H12Cl2N2O3/c16-10-3-6-13(12(17)7-10)19-14(20)8-22-11-4-1-9(2-5-11)15(18)21/h1-7H,8H2,(H2,18,21)(H,19,20). The van der Waals surface area contributed by atoms with Gasteiger partial charge >= 0.3 is 0 Å². The van der Waals surface area contributed by atoms with Crippen molar-refractivity contribution >= 4 is 40.7 Å². The Morgan fingerprint density at radius 3 is 2.36 bits per heavy atom. The SMILES string of the molecule is NC(=O)c1ccc(OCC(=O)Nc2ccc(Cl)cc2Cl)cc1. The van der Waals surface area contributed by atoms with Crippen LogP contribution in [0.4, 0.5) is 5.69 Å². The summed E-state index contributed by atoms with van der Waals surface area (Å²) in [6.45, 7) is -0.200. The Hall–Kier alpha value is -2.24. The molecular formula is C15H12Cl2N2O3. The molecule has 2 amide bonds. The molecule has 0 atom stereocenters. The number of nitrogens with two attached hydrogens (primary N) is 1. The summed E-state index contributed by atoms with van der Waals surface area (Å²) in [7, 11) is 0. The number of ether oxygens (including phenoxy) is 1. The van der Waals surface area contributed by atoms with Gasteiger partial charge in [0.25, 0.3) is 5.91 Å². The predicted octanol–water partition coefficient (Wildman–Crippen LogP) is 3.11. The third-order valence-corrected chi connectivity index (χ3v) is 3.26. The van der Waals surface area contributed by atoms with Crippen molar-refractivity contribution in [1.29, 1.82) is 0 Å². The molecule has 0 aromatic heterocycles. The van der Waals surface area contributed by atoms with Crippen LogP contribution in [-0.4, -0.2) is 18.4 Å². The van der Waals surface area contributed by atoms with E-state index in [1.54, 1.807) is 24.3 Å². The Labute approximate surface area is 137 Å². The zero-order valence-corrected chi connectivity index (χ0v) is 12.8. The second kappa shape index (κ2) is 7.15. The summed E-state index contributed by atoms with van der Waals surface area (Å²) in [6.07, 6.45) is 0. The van der Waals surface area contributed by atoms with Crippen LogP contribution in [0.3, 0.4) is 0 Å². The van der Waals surface area contributed by atoms with Crippen molar-refractivity contribution in [2.24, 2.45) is 5.73 Å². The number of anilines is 1. The van der Waals surface area contributed by atoms with Gasteiger partial charge in [-0.2, -0.15) is 0 Å². The summed E-state index contributed by atoms with van der Waals surface area (Å²) in [5.74, 6) is -0.452. The van der Waals surface area contributed by atoms with Gasteiger partial charge in [-0.1, -0.05) is 23.2 Å². The van der Waals surface area contributed by atoms with Gasteiger partial charge in [0.1, 0.15) is 5.75 Å². The maximum absolute atomic E-state index is 11.8. The minimum absolute atomic E-state index is 0.200. The van der Waals surface area contributed by atoms with E-state index in [2.05, 4.69) is 5.32 Å². The van der Waals surface area contributed by atoms with Crippen molar-refractivity contribution in [3.8, 4) is 5.75 Å². The second-order valence-corrected chi connectivity index (χ2v) is 5.19. The molecule has 0 aliphatic rings. The maximum atomic E-state index is 11.8. The maximum Gasteiger partial charge on any atom is 0.262 e. The van der Waals surface area contributed by atoms with Gasteiger partial charge in [0.05, 0.1) is 10.7 Å². The van der Waals surface area contributed by atoms with Gasteiger partial charge in [-0.25, -0.2) is 0 Å². The molecule has 0 saturated heterocycles. The van der Waals surface area contributed by atoms with E-state index in [0.717, 1.165) is 0 Å². The molecule has 0 radical (unpaired) electrons. The van der Waals surface area contributed by atoms with E-state index < -0.39 is 5.91 Å². The number of nitrogens with one attached hydrogen (secondary N) is 1. The highest BCUT2D eigenvalue weighted by molar-refractivity contribution is 6.36. The van der Waals surface area contributed by atoms with Crippen LogP contribution >= 0.6 is 23.2 Å². The van der Waals surface area contributed by atoms with Gasteiger partial charge in [-0.05, 0) is 42.5 Å². The fraction of sp³-hybridized carbons (Fsp3) is 0.0667. The quantitative estimate of drug-likeness (QED) is 0.878. The molecule has 22 heavy (non-hydrogen) atoms. The average molecular weight is 339 g/mol. The third-order valence-electron chi connectivity index (χ3n) is 2.71. The summed E-state index contributed by atoms with van der Waals surface area (Å²) >= 11 is 11.7. The van der Waals surface area contributed by atoms with Crippen molar-refractivity contribution in [2.75, 3.05) is 11.9 Å². The number of carbonyl (C=O) groups is 2. The zero-order chi connectivity index (χ0) is 16.1. The van der Waals surface area contributed by atoms with Crippen LogP contribution in [0, 0.1) is 0 Å². The van der Waals surface area contributed by atoms with Crippen molar-refractivity contribution in [1.82, 2.24) is 0 Å². The van der Waals surface area contributed by atoms with Crippen molar-refractivity contribution in [2.45, 2.75) is 0 Å². The van der Waals surface area contributed by atoms with Gasteiger partial charge in [-0.3, -0.25) is 9.59 Å². The largest absolute Gasteiger partial charge is 0.484 e. The highest BCUT2D eigenvalue weighted by Gasteiger charge is 2.08. The Balaban J connectivity index is 1.91. The van der Waals surface area contributed by atoms with E-state index in [4.69, 9.17) is 33.7 Å². The molecule has 2 aromatic rings. The smallest absolute Gasteiger partial charge is 0.262 e. The average Bonchev–Trinajstić information content (AvgIpc) is 2.48. The summed E-state index contributed by atoms with van der Waals surface area (Å²) < 4.78 is 5.31. The Kier molecular flexibility index (Phi) is 5.25. The van der Waals surface area contributed by atoms with Crippen molar-refractivity contribution in [3.63, 3.8) is 0 Å². The molecule has 0 heterocycles. The molecular weight excluding hydrogens is 327 g/mol. The van der Waals surface area contributed by atoms with E-state index in [9.17, 15) is 9.59 Å². The van der Waals surface area contributed by atoms with Crippen LogP contribution in [0.1, 0.15) is 10.4 Å². The van der Waals surface area contributed by atoms with E-state index in [0.29, 0.717) is 27.0 Å². The Bertz CT molecular complexity index is 702. The molecule has 0 aliphatic carbocycles. The molecule has 7 heteroatoms. The monoisotopic (exact) mass is 338 g/mol. The van der Waals surface area contributed by atoms with Gasteiger partial charge in [0.15, 0.2) is 6.61 Å². The van der Waals surface area contributed by atoms with Gasteiger partial charge < -0.3 is 15.8 Å². The second-order valence-electron chi connectivity index (χ2n) is 4.35. The molecule has 0 unspecified atom stereocenters. The minimum Gasteiger partial charge on any atom is -0.484 e. The molecule has 2 aromatic carbocycles. The summed E-state index contributed by atoms with van der Waals surface area (Å²) in [6, 6.07) is 10.9. The van der Waals surface area contributed by atoms with Crippen molar-refractivity contribution in [3.05, 3.63) is 58.1 Å². The first-order valence-corrected chi connectivity index (χ1v) is 6.99. The normalized spacial score (nSPS) is 10.1. The lowest BCUT2D eigenvalue weighted by Gasteiger charge is -2.09. The molecule has 3 N–H and O–H groups in total. The highest BCUT2D eigenvalue weighted by Crippen LogP contribution is 2.25. The number of hydrogen-bond acceptors (Lipinski definition) is 3. The molecule has 0 spiro atoms. The van der Waals surface area contributed by atoms with Gasteiger partial charge in [-0.15, -0.1) is 0 Å². The topological polar surface area (TPSA) is 81.4 Å². The number of rotatable bonds is 5. The lowest BCUT2D eigenvalue weighted by molar-refractivity contribution is -0.118. The number of primary amides is 1. The molecule has 2 rings (SSSR count). The van der Waals surface area contributed by atoms with Crippen LogP contribution in [-0.2, 0) is 4.79 Å². The Morgan fingerprint density at radius 2 is 1.77 bits per heavy atom. The third kappa shape index (κ3) is 4.38. The molecule has 0 fully saturated rings. The summed E-state index contributed by atoms with van der Waals surface area (Å²) in [5.41, 5.74) is 5.94. The minimum atomic E-state index is -0.526. The van der Waals surface area contributed by atoms with Crippen LogP contribution in [0.15, 0.2) is 42.5 Å². The lowest BCUT2D eigenvalue weighted by atomic mass is 10.2. The van der Waals surface area contributed by atoms with Crippen LogP contribution in [0.5, 0.6) is 5.75 Å². The first-order chi connectivity index (χ1) is 10.5. The lowest BCUT2D eigenvalue weighted by Crippen LogP contribution is -2.20. The fourth-order valence-corrected chi connectivity index (χ4v) is 2.10. The molecule has 0 saturated carbocycles. The van der Waals surface area contributed by atoms with E-state index in [-0.39, 0.29) is 12.5 Å². The zero-order valence-electron chi connectivity index (χ0n) is 11.3. The molecule has 0 aliphatic heterocycles. The van der Waals surface area contributed by atoms with Crippen molar-refractivity contribution < 1.29 is 14.3 Å². The fourth-order valence-electron chi connectivity index (χ4n) is 1.64. The van der Waals surface area contributed by atoms with E-state index >= 15 is 0 Å². The molecule has 114 valence electrons. The predicted molar refractivity (Wildman–Crippen MR) is 85.5 cm³/mol. The van der Waals surface area contributed by atoms with Gasteiger partial charge in [0, 0.05) is 10.6 Å². The first kappa shape index (κ1) is 16.1. The highest BCUT2D eigenvalue weighted by atomic mass is 35.5. The number of amides is 2. The molecule has 0 bridgehead atoms. The number of halogens is 2. The van der Waals surface area contributed by atoms with Crippen LogP contribution in [0.2, 0.25) is 10.0 Å². The first-order valence-electron chi connectivity index (χ1n) is 6.23.